The third-order valence-electron chi connectivity index (χ3n) is 3.80. The second-order valence-electron chi connectivity index (χ2n) is 5.48. The lowest BCUT2D eigenvalue weighted by atomic mass is 10.2. The number of hydrogen-bond acceptors (Lipinski definition) is 6. The highest BCUT2D eigenvalue weighted by atomic mass is 35.5. The van der Waals surface area contributed by atoms with E-state index in [2.05, 4.69) is 36.0 Å². The number of benzene rings is 1. The first-order valence-electron chi connectivity index (χ1n) is 7.89. The summed E-state index contributed by atoms with van der Waals surface area (Å²) >= 11 is 7.82. The van der Waals surface area contributed by atoms with E-state index in [1.807, 2.05) is 37.4 Å². The third kappa shape index (κ3) is 3.37. The Morgan fingerprint density at radius 1 is 1.15 bits per heavy atom. The smallest absolute Gasteiger partial charge is 0.143 e. The SMILES string of the molecule is CNSc1cccc(Nc2ncnc3[nH]c(-c4ccncc4Cl)cc23)c1. The quantitative estimate of drug-likeness (QED) is 0.436. The molecule has 0 amide bonds. The largest absolute Gasteiger partial charge is 0.340 e. The van der Waals surface area contributed by atoms with Crippen LogP contribution in [0, 0.1) is 0 Å². The van der Waals surface area contributed by atoms with Crippen LogP contribution in [0.25, 0.3) is 22.3 Å². The van der Waals surface area contributed by atoms with E-state index in [0.29, 0.717) is 5.02 Å². The van der Waals surface area contributed by atoms with Gasteiger partial charge in [-0.25, -0.2) is 9.97 Å². The minimum Gasteiger partial charge on any atom is -0.340 e. The van der Waals surface area contributed by atoms with Crippen molar-refractivity contribution in [2.45, 2.75) is 4.90 Å². The van der Waals surface area contributed by atoms with Crippen LogP contribution >= 0.6 is 23.5 Å². The topological polar surface area (TPSA) is 78.5 Å². The van der Waals surface area contributed by atoms with E-state index < -0.39 is 0 Å². The van der Waals surface area contributed by atoms with Gasteiger partial charge >= 0.3 is 0 Å². The number of aromatic amines is 1. The highest BCUT2D eigenvalue weighted by molar-refractivity contribution is 7.97. The molecule has 0 aliphatic heterocycles. The van der Waals surface area contributed by atoms with Gasteiger partial charge < -0.3 is 10.3 Å². The molecule has 0 unspecified atom stereocenters. The van der Waals surface area contributed by atoms with Gasteiger partial charge in [-0.05, 0) is 49.3 Å². The monoisotopic (exact) mass is 382 g/mol. The van der Waals surface area contributed by atoms with Crippen LogP contribution in [0.3, 0.4) is 0 Å². The summed E-state index contributed by atoms with van der Waals surface area (Å²) in [6.45, 7) is 0. The lowest BCUT2D eigenvalue weighted by molar-refractivity contribution is 1.20. The van der Waals surface area contributed by atoms with Gasteiger partial charge in [0.1, 0.15) is 17.8 Å². The Labute approximate surface area is 159 Å². The van der Waals surface area contributed by atoms with E-state index in [1.54, 1.807) is 24.3 Å². The Morgan fingerprint density at radius 2 is 2.08 bits per heavy atom. The summed E-state index contributed by atoms with van der Waals surface area (Å²) in [5.41, 5.74) is 3.44. The molecule has 0 saturated heterocycles. The maximum atomic E-state index is 6.26. The number of pyridine rings is 1. The highest BCUT2D eigenvalue weighted by Gasteiger charge is 2.12. The van der Waals surface area contributed by atoms with Gasteiger partial charge in [-0.2, -0.15) is 0 Å². The fourth-order valence-electron chi connectivity index (χ4n) is 2.67. The van der Waals surface area contributed by atoms with Crippen LogP contribution in [0.5, 0.6) is 0 Å². The van der Waals surface area contributed by atoms with Crippen molar-refractivity contribution in [3.8, 4) is 11.3 Å². The molecule has 6 nitrogen and oxygen atoms in total. The van der Waals surface area contributed by atoms with Crippen molar-refractivity contribution < 1.29 is 0 Å². The van der Waals surface area contributed by atoms with Crippen LogP contribution < -0.4 is 10.0 Å². The molecule has 0 aliphatic rings. The zero-order chi connectivity index (χ0) is 17.9. The lowest BCUT2D eigenvalue weighted by Crippen LogP contribution is -1.96. The molecule has 4 rings (SSSR count). The molecule has 0 spiro atoms. The fourth-order valence-corrected chi connectivity index (χ4v) is 3.46. The van der Waals surface area contributed by atoms with E-state index in [-0.39, 0.29) is 0 Å². The fraction of sp³-hybridized carbons (Fsp3) is 0.0556. The molecule has 3 heterocycles. The number of fused-ring (bicyclic) bond motifs is 1. The van der Waals surface area contributed by atoms with Crippen molar-refractivity contribution in [2.24, 2.45) is 0 Å². The normalized spacial score (nSPS) is 11.0. The van der Waals surface area contributed by atoms with Gasteiger partial charge in [0, 0.05) is 34.2 Å². The number of nitrogens with one attached hydrogen (secondary N) is 3. The average Bonchev–Trinajstić information content (AvgIpc) is 3.08. The molecule has 0 saturated carbocycles. The van der Waals surface area contributed by atoms with Crippen molar-refractivity contribution in [1.82, 2.24) is 24.7 Å². The molecule has 4 aromatic rings. The summed E-state index contributed by atoms with van der Waals surface area (Å²) in [6.07, 6.45) is 4.87. The molecule has 0 radical (unpaired) electrons. The third-order valence-corrected chi connectivity index (χ3v) is 4.80. The first-order valence-corrected chi connectivity index (χ1v) is 9.08. The average molecular weight is 383 g/mol. The number of rotatable bonds is 5. The first-order chi connectivity index (χ1) is 12.7. The Morgan fingerprint density at radius 3 is 2.92 bits per heavy atom. The van der Waals surface area contributed by atoms with E-state index in [9.17, 15) is 0 Å². The van der Waals surface area contributed by atoms with Crippen molar-refractivity contribution >= 4 is 46.1 Å². The molecule has 0 fully saturated rings. The summed E-state index contributed by atoms with van der Waals surface area (Å²) in [5, 5.41) is 4.84. The molecule has 8 heteroatoms. The minimum atomic E-state index is 0.582. The summed E-state index contributed by atoms with van der Waals surface area (Å²) in [7, 11) is 1.89. The number of anilines is 2. The van der Waals surface area contributed by atoms with Gasteiger partial charge in [0.15, 0.2) is 0 Å². The number of aromatic nitrogens is 4. The maximum absolute atomic E-state index is 6.26. The van der Waals surface area contributed by atoms with Crippen molar-refractivity contribution in [1.29, 1.82) is 0 Å². The Balaban J connectivity index is 1.72. The Bertz CT molecular complexity index is 1060. The predicted octanol–water partition coefficient (Wildman–Crippen LogP) is 4.64. The van der Waals surface area contributed by atoms with Crippen LogP contribution in [0.1, 0.15) is 0 Å². The van der Waals surface area contributed by atoms with E-state index >= 15 is 0 Å². The molecule has 26 heavy (non-hydrogen) atoms. The summed E-state index contributed by atoms with van der Waals surface area (Å²) in [6, 6.07) is 12.0. The van der Waals surface area contributed by atoms with Gasteiger partial charge in [-0.15, -0.1) is 0 Å². The zero-order valence-corrected chi connectivity index (χ0v) is 15.4. The molecular formula is C18H15ClN6S. The number of nitrogens with zero attached hydrogens (tertiary/aromatic N) is 3. The number of H-pyrrole nitrogens is 1. The van der Waals surface area contributed by atoms with Crippen molar-refractivity contribution in [3.05, 3.63) is 60.1 Å². The van der Waals surface area contributed by atoms with Gasteiger partial charge in [0.05, 0.1) is 10.4 Å². The summed E-state index contributed by atoms with van der Waals surface area (Å²) in [4.78, 5) is 17.2. The highest BCUT2D eigenvalue weighted by Crippen LogP contribution is 2.32. The second kappa shape index (κ2) is 7.33. The zero-order valence-electron chi connectivity index (χ0n) is 13.8. The van der Waals surface area contributed by atoms with E-state index in [4.69, 9.17) is 11.6 Å². The molecule has 0 atom stereocenters. The van der Waals surface area contributed by atoms with Gasteiger partial charge in [0.25, 0.3) is 0 Å². The maximum Gasteiger partial charge on any atom is 0.143 e. The Kier molecular flexibility index (Phi) is 4.75. The van der Waals surface area contributed by atoms with Crippen molar-refractivity contribution in [2.75, 3.05) is 12.4 Å². The second-order valence-corrected chi connectivity index (χ2v) is 6.97. The standard InChI is InChI=1S/C18H15ClN6S/c1-20-26-12-4-2-3-11(7-12)24-17-14-8-16(25-18(14)23-10-22-17)13-5-6-21-9-15(13)19/h2-10,20H,1H3,(H2,22,23,24,25). The lowest BCUT2D eigenvalue weighted by Gasteiger charge is -2.07. The van der Waals surface area contributed by atoms with Gasteiger partial charge in [-0.1, -0.05) is 17.7 Å². The Hall–Kier alpha value is -2.61. The van der Waals surface area contributed by atoms with Crippen LogP contribution in [-0.4, -0.2) is 27.0 Å². The van der Waals surface area contributed by atoms with Crippen molar-refractivity contribution in [3.63, 3.8) is 0 Å². The molecule has 0 bridgehead atoms. The van der Waals surface area contributed by atoms with Crippen LogP contribution in [-0.2, 0) is 0 Å². The minimum absolute atomic E-state index is 0.582. The van der Waals surface area contributed by atoms with Gasteiger partial charge in [-0.3, -0.25) is 9.71 Å². The van der Waals surface area contributed by atoms with Crippen LogP contribution in [0.2, 0.25) is 5.02 Å². The number of hydrogen-bond donors (Lipinski definition) is 3. The van der Waals surface area contributed by atoms with Gasteiger partial charge in [0.2, 0.25) is 0 Å². The van der Waals surface area contributed by atoms with Crippen LogP contribution in [0.15, 0.2) is 60.0 Å². The number of halogens is 1. The first kappa shape index (κ1) is 16.8. The van der Waals surface area contributed by atoms with E-state index in [0.717, 1.165) is 38.7 Å². The molecule has 3 N–H and O–H groups in total. The molecule has 0 aliphatic carbocycles. The molecular weight excluding hydrogens is 368 g/mol. The molecule has 1 aromatic carbocycles. The predicted molar refractivity (Wildman–Crippen MR) is 107 cm³/mol. The molecule has 3 aromatic heterocycles. The van der Waals surface area contributed by atoms with E-state index in [1.165, 1.54) is 6.33 Å². The van der Waals surface area contributed by atoms with Crippen LogP contribution in [0.4, 0.5) is 11.5 Å². The summed E-state index contributed by atoms with van der Waals surface area (Å²) in [5.74, 6) is 0.731. The molecule has 130 valence electrons. The summed E-state index contributed by atoms with van der Waals surface area (Å²) < 4.78 is 3.07.